The number of alkyl halides is 8. The number of carbonyl (C=O) groups excluding carboxylic acids is 2. The predicted molar refractivity (Wildman–Crippen MR) is 157 cm³/mol. The molecule has 2 saturated heterocycles. The Labute approximate surface area is 261 Å². The minimum absolute atomic E-state index is 0.0500. The Morgan fingerprint density at radius 3 is 1.13 bits per heavy atom. The van der Waals surface area contributed by atoms with Crippen molar-refractivity contribution in [3.8, 4) is 0 Å². The normalized spacial score (nSPS) is 18.1. The van der Waals surface area contributed by atoms with Gasteiger partial charge in [-0.25, -0.2) is 0 Å². The molecule has 2 amide bonds. The van der Waals surface area contributed by atoms with E-state index < -0.39 is 61.7 Å². The van der Waals surface area contributed by atoms with Gasteiger partial charge in [0.25, 0.3) is 11.8 Å². The molecule has 0 bridgehead atoms. The molecule has 0 aliphatic carbocycles. The lowest BCUT2D eigenvalue weighted by Gasteiger charge is -2.41. The van der Waals surface area contributed by atoms with Gasteiger partial charge >= 0.3 is 23.7 Å². The van der Waals surface area contributed by atoms with Crippen molar-refractivity contribution in [1.29, 1.82) is 0 Å². The Kier molecular flexibility index (Phi) is 10.9. The molecule has 0 atom stereocenters. The average molecular weight is 659 g/mol. The van der Waals surface area contributed by atoms with Crippen LogP contribution in [-0.2, 0) is 9.59 Å². The maximum absolute atomic E-state index is 14.8. The van der Waals surface area contributed by atoms with Crippen molar-refractivity contribution in [2.75, 3.05) is 65.4 Å². The van der Waals surface area contributed by atoms with Crippen LogP contribution in [0.2, 0.25) is 0 Å². The van der Waals surface area contributed by atoms with Crippen LogP contribution in [0.3, 0.4) is 0 Å². The molecule has 0 spiro atoms. The summed E-state index contributed by atoms with van der Waals surface area (Å²) >= 11 is 0. The van der Waals surface area contributed by atoms with E-state index in [-0.39, 0.29) is 36.0 Å². The summed E-state index contributed by atoms with van der Waals surface area (Å²) < 4.78 is 118. The number of amides is 2. The van der Waals surface area contributed by atoms with Gasteiger partial charge in [0, 0.05) is 65.4 Å². The Hall–Kier alpha value is -3.78. The van der Waals surface area contributed by atoms with E-state index in [1.54, 1.807) is 34.1 Å². The summed E-state index contributed by atoms with van der Waals surface area (Å²) in [6, 6.07) is 18.3. The molecule has 0 aromatic heterocycles. The van der Waals surface area contributed by atoms with E-state index >= 15 is 0 Å². The van der Waals surface area contributed by atoms with E-state index in [1.165, 1.54) is 0 Å². The summed E-state index contributed by atoms with van der Waals surface area (Å²) in [6.07, 6.45) is 7.11. The third-order valence-electron chi connectivity index (χ3n) is 7.99. The fourth-order valence-electron chi connectivity index (χ4n) is 5.13. The molecule has 2 aromatic rings. The lowest BCUT2D eigenvalue weighted by atomic mass is 9.96. The maximum Gasteiger partial charge on any atom is 0.392 e. The summed E-state index contributed by atoms with van der Waals surface area (Å²) in [5, 5.41) is 0. The number of nitrogens with zero attached hydrogens (tertiary/aromatic N) is 4. The van der Waals surface area contributed by atoms with Gasteiger partial charge in [-0.05, 0) is 11.1 Å². The van der Waals surface area contributed by atoms with Gasteiger partial charge in [-0.15, -0.1) is 0 Å². The quantitative estimate of drug-likeness (QED) is 0.310. The van der Waals surface area contributed by atoms with E-state index in [1.807, 2.05) is 60.7 Å². The van der Waals surface area contributed by atoms with Crippen molar-refractivity contribution in [2.45, 2.75) is 23.7 Å². The van der Waals surface area contributed by atoms with E-state index in [4.69, 9.17) is 0 Å². The average Bonchev–Trinajstić information content (AvgIpc) is 3.05. The fraction of sp³-hybridized carbons (Fsp3) is 0.438. The van der Waals surface area contributed by atoms with E-state index in [9.17, 15) is 44.7 Å². The van der Waals surface area contributed by atoms with Crippen LogP contribution in [0.25, 0.3) is 12.2 Å². The number of piperazine rings is 2. The first-order valence-corrected chi connectivity index (χ1v) is 14.7. The largest absolute Gasteiger partial charge is 0.392 e. The standard InChI is InChI=1S/C32H34F8N4O2/c33-29(34,27(45)43-21-17-41(18-22-43)15-7-13-25-9-3-1-4-10-25)31(37,38)32(39,40)30(35,36)28(46)44-23-19-42(20-24-44)16-8-14-26-11-5-2-6-12-26/h1-14H,15-24H2/b13-7+,14-8+. The van der Waals surface area contributed by atoms with Crippen LogP contribution in [0, 0.1) is 0 Å². The van der Waals surface area contributed by atoms with Crippen LogP contribution < -0.4 is 0 Å². The number of hydrogen-bond donors (Lipinski definition) is 0. The summed E-state index contributed by atoms with van der Waals surface area (Å²) in [4.78, 5) is 28.7. The van der Waals surface area contributed by atoms with Crippen molar-refractivity contribution in [2.24, 2.45) is 0 Å². The molecule has 2 aliphatic heterocycles. The van der Waals surface area contributed by atoms with Crippen LogP contribution >= 0.6 is 0 Å². The summed E-state index contributed by atoms with van der Waals surface area (Å²) in [6.45, 7) is -1.62. The van der Waals surface area contributed by atoms with Crippen molar-refractivity contribution < 1.29 is 44.7 Å². The topological polar surface area (TPSA) is 47.1 Å². The third kappa shape index (κ3) is 7.43. The number of hydrogen-bond acceptors (Lipinski definition) is 4. The highest BCUT2D eigenvalue weighted by Crippen LogP contribution is 2.53. The smallest absolute Gasteiger partial charge is 0.335 e. The van der Waals surface area contributed by atoms with Gasteiger partial charge in [0.2, 0.25) is 0 Å². The zero-order chi connectivity index (χ0) is 33.6. The van der Waals surface area contributed by atoms with Gasteiger partial charge in [0.05, 0.1) is 0 Å². The number of halogens is 8. The van der Waals surface area contributed by atoms with Gasteiger partial charge in [-0.3, -0.25) is 19.4 Å². The first-order valence-electron chi connectivity index (χ1n) is 14.7. The molecule has 14 heteroatoms. The van der Waals surface area contributed by atoms with Crippen molar-refractivity contribution in [1.82, 2.24) is 19.6 Å². The molecule has 0 N–H and O–H groups in total. The minimum Gasteiger partial charge on any atom is -0.335 e. The molecule has 2 fully saturated rings. The molecule has 46 heavy (non-hydrogen) atoms. The summed E-state index contributed by atoms with van der Waals surface area (Å²) in [5.41, 5.74) is 1.78. The Balaban J connectivity index is 1.33. The Bertz CT molecular complexity index is 1270. The molecule has 2 heterocycles. The Morgan fingerprint density at radius 1 is 0.522 bits per heavy atom. The molecule has 4 rings (SSSR count). The minimum atomic E-state index is -6.88. The molecule has 2 aromatic carbocycles. The van der Waals surface area contributed by atoms with Crippen LogP contribution in [0.4, 0.5) is 35.1 Å². The van der Waals surface area contributed by atoms with Gasteiger partial charge in [-0.2, -0.15) is 35.1 Å². The summed E-state index contributed by atoms with van der Waals surface area (Å²) in [7, 11) is 0. The van der Waals surface area contributed by atoms with Crippen LogP contribution in [0.15, 0.2) is 72.8 Å². The first-order chi connectivity index (χ1) is 21.7. The van der Waals surface area contributed by atoms with Crippen LogP contribution in [0.5, 0.6) is 0 Å². The molecule has 0 unspecified atom stereocenters. The SMILES string of the molecule is O=C(N1CCN(C/C=C/c2ccccc2)CC1)C(F)(F)C(F)(F)C(F)(F)C(F)(F)C(=O)N1CCN(C/C=C/c2ccccc2)CC1. The lowest BCUT2D eigenvalue weighted by molar-refractivity contribution is -0.350. The highest BCUT2D eigenvalue weighted by molar-refractivity contribution is 5.87. The van der Waals surface area contributed by atoms with Crippen molar-refractivity contribution in [3.63, 3.8) is 0 Å². The van der Waals surface area contributed by atoms with E-state index in [0.29, 0.717) is 13.1 Å². The molecular weight excluding hydrogens is 624 g/mol. The monoisotopic (exact) mass is 658 g/mol. The fourth-order valence-corrected chi connectivity index (χ4v) is 5.13. The molecule has 6 nitrogen and oxygen atoms in total. The van der Waals surface area contributed by atoms with Gasteiger partial charge in [-0.1, -0.05) is 85.0 Å². The van der Waals surface area contributed by atoms with Crippen LogP contribution in [-0.4, -0.2) is 121 Å². The zero-order valence-corrected chi connectivity index (χ0v) is 24.8. The first kappa shape index (κ1) is 35.1. The van der Waals surface area contributed by atoms with Crippen molar-refractivity contribution >= 4 is 24.0 Å². The molecular formula is C32H34F8N4O2. The second kappa shape index (κ2) is 14.3. The molecule has 2 aliphatic rings. The van der Waals surface area contributed by atoms with Gasteiger partial charge < -0.3 is 9.80 Å². The molecule has 250 valence electrons. The number of rotatable bonds is 11. The zero-order valence-electron chi connectivity index (χ0n) is 24.8. The molecule has 0 radical (unpaired) electrons. The Morgan fingerprint density at radius 2 is 0.826 bits per heavy atom. The second-order valence-electron chi connectivity index (χ2n) is 11.1. The second-order valence-corrected chi connectivity index (χ2v) is 11.1. The van der Waals surface area contributed by atoms with Crippen molar-refractivity contribution in [3.05, 3.63) is 83.9 Å². The highest BCUT2D eigenvalue weighted by Gasteiger charge is 2.85. The van der Waals surface area contributed by atoms with Crippen LogP contribution in [0.1, 0.15) is 11.1 Å². The number of benzene rings is 2. The lowest BCUT2D eigenvalue weighted by Crippen LogP contribution is -2.70. The summed E-state index contributed by atoms with van der Waals surface area (Å²) in [5.74, 6) is -31.6. The van der Waals surface area contributed by atoms with Gasteiger partial charge in [0.1, 0.15) is 0 Å². The predicted octanol–water partition coefficient (Wildman–Crippen LogP) is 5.24. The van der Waals surface area contributed by atoms with E-state index in [0.717, 1.165) is 11.1 Å². The maximum atomic E-state index is 14.8. The number of carbonyl (C=O) groups is 2. The third-order valence-corrected chi connectivity index (χ3v) is 7.99. The van der Waals surface area contributed by atoms with Gasteiger partial charge in [0.15, 0.2) is 0 Å². The molecule has 0 saturated carbocycles. The highest BCUT2D eigenvalue weighted by atomic mass is 19.4. The van der Waals surface area contributed by atoms with E-state index in [2.05, 4.69) is 0 Å².